The predicted octanol–water partition coefficient (Wildman–Crippen LogP) is 4.02. The summed E-state index contributed by atoms with van der Waals surface area (Å²) in [5.41, 5.74) is 3.26. The van der Waals surface area contributed by atoms with Crippen molar-refractivity contribution in [3.05, 3.63) is 53.7 Å². The first kappa shape index (κ1) is 23.6. The Labute approximate surface area is 204 Å². The molecule has 2 aromatic carbocycles. The third-order valence-corrected chi connectivity index (χ3v) is 5.93. The van der Waals surface area contributed by atoms with Crippen molar-refractivity contribution in [1.82, 2.24) is 15.3 Å². The fourth-order valence-electron chi connectivity index (χ4n) is 3.71. The lowest BCUT2D eigenvalue weighted by molar-refractivity contribution is -0.116. The number of piperazine rings is 1. The topological polar surface area (TPSA) is 94.6 Å². The molecule has 3 aromatic rings. The standard InChI is InChI=1S/C24H28ClN7O2/c1-16(33)31(2)21-7-5-4-6-19(21)28-23-18(25)15-27-24(30-23)29-20-9-8-17(14-22(20)34-3)32-12-10-26-11-13-32/h4-9,14-15,26H,10-13H2,1-3H3,(H2,27,28,29,30). The minimum absolute atomic E-state index is 0.0817. The number of rotatable bonds is 7. The number of hydrogen-bond donors (Lipinski definition) is 3. The maximum absolute atomic E-state index is 11.9. The number of aromatic nitrogens is 2. The number of carbonyl (C=O) groups is 1. The Morgan fingerprint density at radius 3 is 2.65 bits per heavy atom. The molecule has 1 fully saturated rings. The highest BCUT2D eigenvalue weighted by Crippen LogP contribution is 2.34. The number of carbonyl (C=O) groups excluding carboxylic acids is 1. The lowest BCUT2D eigenvalue weighted by atomic mass is 10.2. The highest BCUT2D eigenvalue weighted by molar-refractivity contribution is 6.33. The number of hydrogen-bond acceptors (Lipinski definition) is 8. The van der Waals surface area contributed by atoms with Crippen LogP contribution in [0.5, 0.6) is 5.75 Å². The smallest absolute Gasteiger partial charge is 0.229 e. The molecule has 1 amide bonds. The van der Waals surface area contributed by atoms with E-state index >= 15 is 0 Å². The Morgan fingerprint density at radius 1 is 1.15 bits per heavy atom. The number of halogens is 1. The lowest BCUT2D eigenvalue weighted by Crippen LogP contribution is -2.43. The first-order valence-electron chi connectivity index (χ1n) is 11.0. The Morgan fingerprint density at radius 2 is 1.91 bits per heavy atom. The number of nitrogens with one attached hydrogen (secondary N) is 3. The van der Waals surface area contributed by atoms with Crippen LogP contribution in [0.2, 0.25) is 5.02 Å². The molecular weight excluding hydrogens is 454 g/mol. The summed E-state index contributed by atoms with van der Waals surface area (Å²) in [6.45, 7) is 5.33. The van der Waals surface area contributed by atoms with Gasteiger partial charge in [-0.25, -0.2) is 4.98 Å². The molecule has 0 bridgehead atoms. The average Bonchev–Trinajstić information content (AvgIpc) is 2.86. The summed E-state index contributed by atoms with van der Waals surface area (Å²) in [7, 11) is 3.36. The maximum Gasteiger partial charge on any atom is 0.229 e. The van der Waals surface area contributed by atoms with E-state index in [1.807, 2.05) is 36.4 Å². The van der Waals surface area contributed by atoms with Crippen molar-refractivity contribution in [2.75, 3.05) is 60.8 Å². The van der Waals surface area contributed by atoms with Crippen LogP contribution in [0.4, 0.5) is 34.5 Å². The van der Waals surface area contributed by atoms with Gasteiger partial charge < -0.3 is 30.5 Å². The SMILES string of the molecule is COc1cc(N2CCNCC2)ccc1Nc1ncc(Cl)c(Nc2ccccc2N(C)C(C)=O)n1. The van der Waals surface area contributed by atoms with E-state index in [1.165, 1.54) is 13.1 Å². The zero-order valence-corrected chi connectivity index (χ0v) is 20.2. The van der Waals surface area contributed by atoms with Gasteiger partial charge in [0.15, 0.2) is 5.82 Å². The van der Waals surface area contributed by atoms with Gasteiger partial charge >= 0.3 is 0 Å². The predicted molar refractivity (Wildman–Crippen MR) is 137 cm³/mol. The molecule has 34 heavy (non-hydrogen) atoms. The van der Waals surface area contributed by atoms with Gasteiger partial charge in [0, 0.05) is 51.9 Å². The van der Waals surface area contributed by atoms with Crippen LogP contribution in [-0.2, 0) is 4.79 Å². The number of ether oxygens (including phenoxy) is 1. The van der Waals surface area contributed by atoms with Gasteiger partial charge in [0.2, 0.25) is 11.9 Å². The second-order valence-electron chi connectivity index (χ2n) is 7.86. The van der Waals surface area contributed by atoms with Crippen LogP contribution in [0, 0.1) is 0 Å². The summed E-state index contributed by atoms with van der Waals surface area (Å²) in [4.78, 5) is 24.6. The van der Waals surface area contributed by atoms with Crippen molar-refractivity contribution >= 4 is 52.0 Å². The molecule has 178 valence electrons. The first-order valence-corrected chi connectivity index (χ1v) is 11.4. The van der Waals surface area contributed by atoms with Gasteiger partial charge in [0.05, 0.1) is 30.4 Å². The molecule has 3 N–H and O–H groups in total. The second kappa shape index (κ2) is 10.6. The van der Waals surface area contributed by atoms with Crippen molar-refractivity contribution in [2.45, 2.75) is 6.92 Å². The molecule has 0 unspecified atom stereocenters. The fourth-order valence-corrected chi connectivity index (χ4v) is 3.85. The number of anilines is 6. The van der Waals surface area contributed by atoms with E-state index in [0.717, 1.165) is 37.6 Å². The van der Waals surface area contributed by atoms with Crippen LogP contribution in [0.25, 0.3) is 0 Å². The molecule has 0 spiro atoms. The molecule has 0 atom stereocenters. The van der Waals surface area contributed by atoms with Gasteiger partial charge in [-0.05, 0) is 24.3 Å². The highest BCUT2D eigenvalue weighted by atomic mass is 35.5. The number of nitrogens with zero attached hydrogens (tertiary/aromatic N) is 4. The molecule has 2 heterocycles. The van der Waals surface area contributed by atoms with E-state index in [9.17, 15) is 4.79 Å². The summed E-state index contributed by atoms with van der Waals surface area (Å²) in [5.74, 6) is 1.39. The van der Waals surface area contributed by atoms with Crippen LogP contribution in [-0.4, -0.2) is 56.2 Å². The summed E-state index contributed by atoms with van der Waals surface area (Å²) >= 11 is 6.38. The molecule has 1 aliphatic rings. The summed E-state index contributed by atoms with van der Waals surface area (Å²) in [5, 5.41) is 10.2. The normalized spacial score (nSPS) is 13.4. The largest absolute Gasteiger partial charge is 0.494 e. The Bertz CT molecular complexity index is 1170. The van der Waals surface area contributed by atoms with E-state index in [-0.39, 0.29) is 5.91 Å². The van der Waals surface area contributed by atoms with Gasteiger partial charge in [-0.3, -0.25) is 4.79 Å². The molecule has 4 rings (SSSR count). The van der Waals surface area contributed by atoms with E-state index < -0.39 is 0 Å². The molecular formula is C24H28ClN7O2. The fraction of sp³-hybridized carbons (Fsp3) is 0.292. The number of methoxy groups -OCH3 is 1. The number of benzene rings is 2. The van der Waals surface area contributed by atoms with Gasteiger partial charge in [-0.1, -0.05) is 23.7 Å². The zero-order valence-electron chi connectivity index (χ0n) is 19.4. The summed E-state index contributed by atoms with van der Waals surface area (Å²) in [6.07, 6.45) is 1.53. The van der Waals surface area contributed by atoms with Crippen LogP contribution < -0.4 is 30.5 Å². The molecule has 1 saturated heterocycles. The quantitative estimate of drug-likeness (QED) is 0.466. The Balaban J connectivity index is 1.57. The van der Waals surface area contributed by atoms with E-state index in [1.54, 1.807) is 19.1 Å². The van der Waals surface area contributed by atoms with E-state index in [0.29, 0.717) is 33.9 Å². The van der Waals surface area contributed by atoms with Gasteiger partial charge in [-0.15, -0.1) is 0 Å². The third-order valence-electron chi connectivity index (χ3n) is 5.65. The molecule has 10 heteroatoms. The summed E-state index contributed by atoms with van der Waals surface area (Å²) < 4.78 is 5.62. The molecule has 9 nitrogen and oxygen atoms in total. The zero-order chi connectivity index (χ0) is 24.1. The molecule has 1 aliphatic heterocycles. The van der Waals surface area contributed by atoms with Crippen LogP contribution in [0.3, 0.4) is 0 Å². The van der Waals surface area contributed by atoms with Gasteiger partial charge in [0.25, 0.3) is 0 Å². The third kappa shape index (κ3) is 5.32. The molecule has 0 radical (unpaired) electrons. The monoisotopic (exact) mass is 481 g/mol. The molecule has 0 saturated carbocycles. The van der Waals surface area contributed by atoms with Crippen molar-refractivity contribution < 1.29 is 9.53 Å². The molecule has 0 aliphatic carbocycles. The van der Waals surface area contributed by atoms with Gasteiger partial charge in [0.1, 0.15) is 10.8 Å². The first-order chi connectivity index (χ1) is 16.5. The average molecular weight is 482 g/mol. The number of amides is 1. The van der Waals surface area contributed by atoms with Crippen molar-refractivity contribution in [2.24, 2.45) is 0 Å². The number of para-hydroxylation sites is 2. The van der Waals surface area contributed by atoms with E-state index in [4.69, 9.17) is 16.3 Å². The maximum atomic E-state index is 11.9. The van der Waals surface area contributed by atoms with Crippen molar-refractivity contribution in [3.8, 4) is 5.75 Å². The highest BCUT2D eigenvalue weighted by Gasteiger charge is 2.16. The summed E-state index contributed by atoms with van der Waals surface area (Å²) in [6, 6.07) is 13.5. The molecule has 1 aromatic heterocycles. The minimum Gasteiger partial charge on any atom is -0.494 e. The van der Waals surface area contributed by atoms with Crippen LogP contribution in [0.15, 0.2) is 48.7 Å². The minimum atomic E-state index is -0.0817. The second-order valence-corrected chi connectivity index (χ2v) is 8.26. The van der Waals surface area contributed by atoms with Gasteiger partial charge in [-0.2, -0.15) is 4.98 Å². The lowest BCUT2D eigenvalue weighted by Gasteiger charge is -2.30. The van der Waals surface area contributed by atoms with E-state index in [2.05, 4.69) is 36.9 Å². The van der Waals surface area contributed by atoms with Crippen molar-refractivity contribution in [1.29, 1.82) is 0 Å². The van der Waals surface area contributed by atoms with Crippen LogP contribution >= 0.6 is 11.6 Å². The Kier molecular flexibility index (Phi) is 7.34. The van der Waals surface area contributed by atoms with Crippen molar-refractivity contribution in [3.63, 3.8) is 0 Å². The van der Waals surface area contributed by atoms with Crippen LogP contribution in [0.1, 0.15) is 6.92 Å². The Hall–Kier alpha value is -3.56.